The van der Waals surface area contributed by atoms with Crippen molar-refractivity contribution < 1.29 is 24.2 Å². The van der Waals surface area contributed by atoms with Crippen LogP contribution in [0.2, 0.25) is 0 Å². The van der Waals surface area contributed by atoms with Gasteiger partial charge in [-0.2, -0.15) is 0 Å². The quantitative estimate of drug-likeness (QED) is 0.114. The van der Waals surface area contributed by atoms with Gasteiger partial charge in [-0.05, 0) is 72.1 Å². The lowest BCUT2D eigenvalue weighted by molar-refractivity contribution is -0.141. The summed E-state index contributed by atoms with van der Waals surface area (Å²) in [6, 6.07) is 20.5. The van der Waals surface area contributed by atoms with Crippen LogP contribution in [0.4, 0.5) is 0 Å². The van der Waals surface area contributed by atoms with Gasteiger partial charge in [-0.3, -0.25) is 14.4 Å². The van der Waals surface area contributed by atoms with Gasteiger partial charge < -0.3 is 20.5 Å². The van der Waals surface area contributed by atoms with Crippen LogP contribution in [0.3, 0.4) is 0 Å². The van der Waals surface area contributed by atoms with Crippen LogP contribution in [-0.4, -0.2) is 51.5 Å². The lowest BCUT2D eigenvalue weighted by Crippen LogP contribution is -2.51. The van der Waals surface area contributed by atoms with E-state index in [2.05, 4.69) is 55.2 Å². The summed E-state index contributed by atoms with van der Waals surface area (Å²) in [5, 5.41) is 14.6. The Morgan fingerprint density at radius 2 is 1.39 bits per heavy atom. The van der Waals surface area contributed by atoms with Crippen LogP contribution in [0.25, 0.3) is 22.5 Å². The number of carboxylic acid groups (broad SMARTS) is 1. The number of nitrogens with zero attached hydrogens (tertiary/aromatic N) is 2. The highest BCUT2D eigenvalue weighted by Crippen LogP contribution is 2.25. The number of ether oxygens (including phenoxy) is 1. The van der Waals surface area contributed by atoms with Crippen LogP contribution < -0.4 is 15.4 Å². The van der Waals surface area contributed by atoms with Gasteiger partial charge in [-0.15, -0.1) is 0 Å². The lowest BCUT2D eigenvalue weighted by atomic mass is 9.86. The summed E-state index contributed by atoms with van der Waals surface area (Å²) < 4.78 is 5.88. The van der Waals surface area contributed by atoms with Crippen molar-refractivity contribution >= 4 is 17.8 Å². The summed E-state index contributed by atoms with van der Waals surface area (Å²) in [6.07, 6.45) is 7.14. The largest absolute Gasteiger partial charge is 0.494 e. The van der Waals surface area contributed by atoms with Crippen molar-refractivity contribution in [2.45, 2.75) is 84.7 Å². The van der Waals surface area contributed by atoms with E-state index < -0.39 is 29.9 Å². The first kappa shape index (κ1) is 36.8. The number of hydrogen-bond acceptors (Lipinski definition) is 6. The Morgan fingerprint density at radius 1 is 0.776 bits per heavy atom. The minimum absolute atomic E-state index is 0.0716. The van der Waals surface area contributed by atoms with Crippen molar-refractivity contribution in [3.63, 3.8) is 0 Å². The molecular formula is C40H48N4O5. The van der Waals surface area contributed by atoms with Crippen molar-refractivity contribution in [2.75, 3.05) is 6.61 Å². The van der Waals surface area contributed by atoms with Crippen LogP contribution >= 0.6 is 0 Å². The molecule has 0 aliphatic rings. The topological polar surface area (TPSA) is 131 Å². The highest BCUT2D eigenvalue weighted by atomic mass is 16.5. The average Bonchev–Trinajstić information content (AvgIpc) is 3.08. The second-order valence-corrected chi connectivity index (χ2v) is 13.9. The third kappa shape index (κ3) is 11.0. The van der Waals surface area contributed by atoms with Crippen LogP contribution in [0.1, 0.15) is 82.3 Å². The number of benzene rings is 3. The van der Waals surface area contributed by atoms with Gasteiger partial charge in [0.05, 0.1) is 6.61 Å². The molecule has 1 heterocycles. The Bertz CT molecular complexity index is 1680. The highest BCUT2D eigenvalue weighted by molar-refractivity contribution is 5.98. The molecule has 1 aromatic heterocycles. The maximum absolute atomic E-state index is 13.2. The maximum atomic E-state index is 13.2. The molecule has 0 unspecified atom stereocenters. The minimum atomic E-state index is -1.17. The number of hydrogen-bond donors (Lipinski definition) is 3. The van der Waals surface area contributed by atoms with E-state index in [4.69, 9.17) is 4.74 Å². The molecule has 0 aliphatic heterocycles. The van der Waals surface area contributed by atoms with E-state index >= 15 is 0 Å². The van der Waals surface area contributed by atoms with Gasteiger partial charge in [-0.1, -0.05) is 89.6 Å². The zero-order chi connectivity index (χ0) is 35.6. The van der Waals surface area contributed by atoms with Crippen LogP contribution in [0.5, 0.6) is 5.75 Å². The molecule has 49 heavy (non-hydrogen) atoms. The molecule has 0 saturated heterocycles. The summed E-state index contributed by atoms with van der Waals surface area (Å²) in [4.78, 5) is 46.9. The summed E-state index contributed by atoms with van der Waals surface area (Å²) in [6.45, 7) is 12.8. The van der Waals surface area contributed by atoms with E-state index in [1.54, 1.807) is 24.5 Å². The molecule has 4 rings (SSSR count). The first-order chi connectivity index (χ1) is 23.3. The predicted molar refractivity (Wildman–Crippen MR) is 192 cm³/mol. The fourth-order valence-electron chi connectivity index (χ4n) is 5.19. The lowest BCUT2D eigenvalue weighted by Gasteiger charge is -2.21. The standard InChI is InChI=1S/C40H48N4O5/c1-26(2)9-7-8-22-49-34-20-16-29(17-21-34)32-24-41-36(42-25-32)30-12-10-28(11-13-30)23-35(38(46)43-27(3)39(47)48)44-37(45)31-14-18-33(19-15-31)40(4,5)6/h10-21,24-27,35H,7-9,22-23H2,1-6H3,(H,43,46)(H,44,45)(H,47,48)/t27-,35+/m1/s1. The molecule has 0 radical (unpaired) electrons. The van der Waals surface area contributed by atoms with E-state index in [1.165, 1.54) is 19.8 Å². The Balaban J connectivity index is 1.40. The van der Waals surface area contributed by atoms with Gasteiger partial charge in [0.25, 0.3) is 5.91 Å². The molecule has 3 aromatic carbocycles. The normalized spacial score (nSPS) is 12.6. The second-order valence-electron chi connectivity index (χ2n) is 13.9. The molecule has 0 fully saturated rings. The second kappa shape index (κ2) is 16.9. The Kier molecular flexibility index (Phi) is 12.7. The van der Waals surface area contributed by atoms with Crippen LogP contribution in [-0.2, 0) is 21.4 Å². The zero-order valence-corrected chi connectivity index (χ0v) is 29.3. The highest BCUT2D eigenvalue weighted by Gasteiger charge is 2.25. The molecule has 0 saturated carbocycles. The SMILES string of the molecule is CC(C)CCCCOc1ccc(-c2cnc(-c3ccc(C[C@H](NC(=O)c4ccc(C(C)(C)C)cc4)C(=O)N[C@H](C)C(=O)O)cc3)nc2)cc1. The summed E-state index contributed by atoms with van der Waals surface area (Å²) in [5.74, 6) is -0.0670. The first-order valence-corrected chi connectivity index (χ1v) is 16.9. The molecule has 0 spiro atoms. The molecule has 3 N–H and O–H groups in total. The van der Waals surface area contributed by atoms with Gasteiger partial charge in [0.2, 0.25) is 5.91 Å². The molecular weight excluding hydrogens is 616 g/mol. The summed E-state index contributed by atoms with van der Waals surface area (Å²) in [5.41, 5.74) is 4.85. The number of rotatable bonds is 15. The molecule has 0 bridgehead atoms. The number of amides is 2. The maximum Gasteiger partial charge on any atom is 0.325 e. The van der Waals surface area contributed by atoms with E-state index in [0.29, 0.717) is 23.9 Å². The Morgan fingerprint density at radius 3 is 1.96 bits per heavy atom. The third-order valence-corrected chi connectivity index (χ3v) is 8.30. The van der Waals surface area contributed by atoms with E-state index in [-0.39, 0.29) is 11.8 Å². The number of carboxylic acids is 1. The van der Waals surface area contributed by atoms with Gasteiger partial charge in [0.1, 0.15) is 17.8 Å². The minimum Gasteiger partial charge on any atom is -0.494 e. The zero-order valence-electron chi connectivity index (χ0n) is 29.3. The Labute approximate surface area is 289 Å². The summed E-state index contributed by atoms with van der Waals surface area (Å²) in [7, 11) is 0. The number of aromatic nitrogens is 2. The van der Waals surface area contributed by atoms with E-state index in [0.717, 1.165) is 40.0 Å². The van der Waals surface area contributed by atoms with Crippen molar-refractivity contribution in [1.82, 2.24) is 20.6 Å². The molecule has 4 aromatic rings. The average molecular weight is 665 g/mol. The summed E-state index contributed by atoms with van der Waals surface area (Å²) >= 11 is 0. The predicted octanol–water partition coefficient (Wildman–Crippen LogP) is 7.24. The number of unbranched alkanes of at least 4 members (excludes halogenated alkanes) is 1. The van der Waals surface area contributed by atoms with Crippen molar-refractivity contribution in [1.29, 1.82) is 0 Å². The van der Waals surface area contributed by atoms with Crippen molar-refractivity contribution in [3.8, 4) is 28.3 Å². The monoisotopic (exact) mass is 664 g/mol. The number of carbonyl (C=O) groups excluding carboxylic acids is 2. The smallest absolute Gasteiger partial charge is 0.325 e. The Hall–Kier alpha value is -5.05. The third-order valence-electron chi connectivity index (χ3n) is 8.30. The fraction of sp³-hybridized carbons (Fsp3) is 0.375. The van der Waals surface area contributed by atoms with Crippen molar-refractivity contribution in [2.24, 2.45) is 5.92 Å². The molecule has 2 amide bonds. The number of carbonyl (C=O) groups is 3. The number of aliphatic carboxylic acids is 1. The molecule has 258 valence electrons. The van der Waals surface area contributed by atoms with Gasteiger partial charge in [-0.25, -0.2) is 9.97 Å². The fourth-order valence-corrected chi connectivity index (χ4v) is 5.19. The molecule has 9 heteroatoms. The molecule has 9 nitrogen and oxygen atoms in total. The van der Waals surface area contributed by atoms with E-state index in [9.17, 15) is 19.5 Å². The van der Waals surface area contributed by atoms with Crippen LogP contribution in [0.15, 0.2) is 85.2 Å². The first-order valence-electron chi connectivity index (χ1n) is 16.9. The van der Waals surface area contributed by atoms with Gasteiger partial charge in [0.15, 0.2) is 5.82 Å². The molecule has 0 aliphatic carbocycles. The molecule has 2 atom stereocenters. The number of nitrogens with one attached hydrogen (secondary N) is 2. The van der Waals surface area contributed by atoms with Crippen molar-refractivity contribution in [3.05, 3.63) is 102 Å². The van der Waals surface area contributed by atoms with E-state index in [1.807, 2.05) is 60.7 Å². The van der Waals surface area contributed by atoms with Gasteiger partial charge >= 0.3 is 5.97 Å². The van der Waals surface area contributed by atoms with Crippen LogP contribution in [0, 0.1) is 5.92 Å². The van der Waals surface area contributed by atoms with Gasteiger partial charge in [0, 0.05) is 35.5 Å².